The molecule has 142 valence electrons. The van der Waals surface area contributed by atoms with E-state index < -0.39 is 5.97 Å². The first-order valence-electron chi connectivity index (χ1n) is 8.42. The predicted molar refractivity (Wildman–Crippen MR) is 100.0 cm³/mol. The molecule has 7 heteroatoms. The zero-order chi connectivity index (χ0) is 19.8. The summed E-state index contributed by atoms with van der Waals surface area (Å²) in [5.41, 5.74) is 2.40. The summed E-state index contributed by atoms with van der Waals surface area (Å²) in [5.74, 6) is -0.854. The first-order valence-corrected chi connectivity index (χ1v) is 8.42. The second-order valence-corrected chi connectivity index (χ2v) is 5.94. The molecule has 0 aliphatic rings. The van der Waals surface area contributed by atoms with Crippen molar-refractivity contribution in [1.82, 2.24) is 10.6 Å². The van der Waals surface area contributed by atoms with Gasteiger partial charge in [-0.05, 0) is 41.8 Å². The Bertz CT molecular complexity index is 831. The quantitative estimate of drug-likeness (QED) is 0.659. The van der Waals surface area contributed by atoms with E-state index in [0.717, 1.165) is 11.1 Å². The fourth-order valence-electron chi connectivity index (χ4n) is 2.50. The second-order valence-electron chi connectivity index (χ2n) is 5.94. The normalized spacial score (nSPS) is 10.1. The van der Waals surface area contributed by atoms with Crippen molar-refractivity contribution in [3.8, 4) is 5.75 Å². The average Bonchev–Trinajstić information content (AvgIpc) is 2.66. The van der Waals surface area contributed by atoms with E-state index >= 15 is 0 Å². The lowest BCUT2D eigenvalue weighted by molar-refractivity contribution is -0.119. The van der Waals surface area contributed by atoms with Crippen molar-refractivity contribution in [2.75, 3.05) is 13.7 Å². The van der Waals surface area contributed by atoms with Crippen molar-refractivity contribution in [1.29, 1.82) is 0 Å². The highest BCUT2D eigenvalue weighted by molar-refractivity contribution is 5.94. The first-order chi connectivity index (χ1) is 12.9. The Kier molecular flexibility index (Phi) is 6.93. The Morgan fingerprint density at radius 3 is 2.26 bits per heavy atom. The lowest BCUT2D eigenvalue weighted by Gasteiger charge is -2.10. The molecule has 0 saturated heterocycles. The van der Waals surface area contributed by atoms with E-state index in [2.05, 4.69) is 10.6 Å². The number of carbonyl (C=O) groups excluding carboxylic acids is 2. The van der Waals surface area contributed by atoms with E-state index in [4.69, 9.17) is 9.84 Å². The molecule has 0 spiro atoms. The summed E-state index contributed by atoms with van der Waals surface area (Å²) in [5, 5.41) is 14.5. The van der Waals surface area contributed by atoms with E-state index in [1.54, 1.807) is 30.3 Å². The summed E-state index contributed by atoms with van der Waals surface area (Å²) in [6.45, 7) is 2.25. The molecule has 0 aliphatic heterocycles. The minimum atomic E-state index is -1.02. The van der Waals surface area contributed by atoms with Gasteiger partial charge < -0.3 is 20.5 Å². The van der Waals surface area contributed by atoms with Gasteiger partial charge >= 0.3 is 5.97 Å². The molecule has 0 saturated carbocycles. The molecule has 2 rings (SSSR count). The fraction of sp³-hybridized carbons (Fsp3) is 0.250. The maximum Gasteiger partial charge on any atom is 0.335 e. The van der Waals surface area contributed by atoms with Crippen LogP contribution in [0.15, 0.2) is 42.5 Å². The summed E-state index contributed by atoms with van der Waals surface area (Å²) in [7, 11) is 1.48. The van der Waals surface area contributed by atoms with Crippen molar-refractivity contribution in [2.45, 2.75) is 19.9 Å². The molecule has 2 amide bonds. The third-order valence-electron chi connectivity index (χ3n) is 3.97. The van der Waals surface area contributed by atoms with Crippen LogP contribution in [0.25, 0.3) is 0 Å². The van der Waals surface area contributed by atoms with Gasteiger partial charge in [0.2, 0.25) is 5.91 Å². The van der Waals surface area contributed by atoms with Crippen LogP contribution in [0.5, 0.6) is 5.75 Å². The predicted octanol–water partition coefficient (Wildman–Crippen LogP) is 2.00. The summed E-state index contributed by atoms with van der Waals surface area (Å²) < 4.78 is 5.23. The van der Waals surface area contributed by atoms with Crippen molar-refractivity contribution in [3.63, 3.8) is 0 Å². The van der Waals surface area contributed by atoms with E-state index in [0.29, 0.717) is 30.8 Å². The number of hydrogen-bond donors (Lipinski definition) is 3. The molecule has 0 atom stereocenters. The Morgan fingerprint density at radius 1 is 1.00 bits per heavy atom. The molecule has 0 fully saturated rings. The highest BCUT2D eigenvalue weighted by Gasteiger charge is 2.10. The zero-order valence-corrected chi connectivity index (χ0v) is 15.2. The summed E-state index contributed by atoms with van der Waals surface area (Å²) in [4.78, 5) is 34.1. The van der Waals surface area contributed by atoms with Gasteiger partial charge in [0.1, 0.15) is 5.75 Å². The largest absolute Gasteiger partial charge is 0.496 e. The molecular weight excluding hydrogens is 348 g/mol. The molecular formula is C20H22N2O5. The lowest BCUT2D eigenvalue weighted by atomic mass is 10.1. The minimum absolute atomic E-state index is 0.108. The Morgan fingerprint density at radius 2 is 1.67 bits per heavy atom. The Hall–Kier alpha value is -3.35. The number of carboxylic acids is 1. The Labute approximate surface area is 157 Å². The van der Waals surface area contributed by atoms with Crippen LogP contribution in [0.1, 0.15) is 38.8 Å². The molecule has 0 aromatic heterocycles. The maximum atomic E-state index is 12.2. The number of carboxylic acid groups (broad SMARTS) is 1. The second kappa shape index (κ2) is 9.38. The van der Waals surface area contributed by atoms with Gasteiger partial charge in [-0.25, -0.2) is 4.79 Å². The van der Waals surface area contributed by atoms with E-state index in [9.17, 15) is 14.4 Å². The smallest absolute Gasteiger partial charge is 0.335 e. The first kappa shape index (κ1) is 20.0. The standard InChI is InChI=1S/C20H22N2O5/c1-13(23)22-12-14-3-5-16(6-4-14)19(24)21-10-9-15-7-8-17(20(25)26)11-18(15)27-2/h3-8,11H,9-10,12H2,1-2H3,(H,21,24)(H,22,23)(H,25,26). The van der Waals surface area contributed by atoms with Crippen LogP contribution >= 0.6 is 0 Å². The number of nitrogens with one attached hydrogen (secondary N) is 2. The van der Waals surface area contributed by atoms with Crippen molar-refractivity contribution >= 4 is 17.8 Å². The number of aromatic carboxylic acids is 1. The number of carbonyl (C=O) groups is 3. The molecule has 2 aromatic carbocycles. The number of ether oxygens (including phenoxy) is 1. The van der Waals surface area contributed by atoms with Gasteiger partial charge in [-0.2, -0.15) is 0 Å². The molecule has 27 heavy (non-hydrogen) atoms. The van der Waals surface area contributed by atoms with E-state index in [1.807, 2.05) is 0 Å². The molecule has 7 nitrogen and oxygen atoms in total. The van der Waals surface area contributed by atoms with Gasteiger partial charge in [-0.3, -0.25) is 9.59 Å². The number of methoxy groups -OCH3 is 1. The van der Waals surface area contributed by atoms with E-state index in [1.165, 1.54) is 26.2 Å². The topological polar surface area (TPSA) is 105 Å². The monoisotopic (exact) mass is 370 g/mol. The SMILES string of the molecule is COc1cc(C(=O)O)ccc1CCNC(=O)c1ccc(CNC(C)=O)cc1. The third-order valence-corrected chi connectivity index (χ3v) is 3.97. The molecule has 3 N–H and O–H groups in total. The molecule has 0 aliphatic carbocycles. The number of rotatable bonds is 8. The van der Waals surface area contributed by atoms with Crippen LogP contribution in [0.3, 0.4) is 0 Å². The van der Waals surface area contributed by atoms with Crippen LogP contribution in [0, 0.1) is 0 Å². The van der Waals surface area contributed by atoms with Gasteiger partial charge in [0, 0.05) is 25.6 Å². The van der Waals surface area contributed by atoms with Crippen molar-refractivity contribution in [2.24, 2.45) is 0 Å². The number of benzene rings is 2. The zero-order valence-electron chi connectivity index (χ0n) is 15.2. The third kappa shape index (κ3) is 5.85. The van der Waals surface area contributed by atoms with Crippen LogP contribution in [-0.4, -0.2) is 36.5 Å². The van der Waals surface area contributed by atoms with E-state index in [-0.39, 0.29) is 17.4 Å². The van der Waals surface area contributed by atoms with Gasteiger partial charge in [0.15, 0.2) is 0 Å². The van der Waals surface area contributed by atoms with Crippen LogP contribution < -0.4 is 15.4 Å². The molecule has 2 aromatic rings. The fourth-order valence-corrected chi connectivity index (χ4v) is 2.50. The molecule has 0 heterocycles. The lowest BCUT2D eigenvalue weighted by Crippen LogP contribution is -2.26. The summed E-state index contributed by atoms with van der Waals surface area (Å²) >= 11 is 0. The molecule has 0 bridgehead atoms. The van der Waals surface area contributed by atoms with Crippen molar-refractivity contribution < 1.29 is 24.2 Å². The van der Waals surface area contributed by atoms with Crippen LogP contribution in [0.2, 0.25) is 0 Å². The van der Waals surface area contributed by atoms with Crippen LogP contribution in [0.4, 0.5) is 0 Å². The molecule has 0 unspecified atom stereocenters. The number of hydrogen-bond acceptors (Lipinski definition) is 4. The van der Waals surface area contributed by atoms with Crippen molar-refractivity contribution in [3.05, 3.63) is 64.7 Å². The average molecular weight is 370 g/mol. The number of amides is 2. The van der Waals surface area contributed by atoms with Gasteiger partial charge in [0.05, 0.1) is 12.7 Å². The van der Waals surface area contributed by atoms with Crippen LogP contribution in [-0.2, 0) is 17.8 Å². The maximum absolute atomic E-state index is 12.2. The molecule has 0 radical (unpaired) electrons. The van der Waals surface area contributed by atoms with Gasteiger partial charge in [-0.15, -0.1) is 0 Å². The summed E-state index contributed by atoms with van der Waals surface area (Å²) in [6.07, 6.45) is 0.509. The highest BCUT2D eigenvalue weighted by atomic mass is 16.5. The van der Waals surface area contributed by atoms with Gasteiger partial charge in [-0.1, -0.05) is 18.2 Å². The minimum Gasteiger partial charge on any atom is -0.496 e. The van der Waals surface area contributed by atoms with Gasteiger partial charge in [0.25, 0.3) is 5.91 Å². The summed E-state index contributed by atoms with van der Waals surface area (Å²) in [6, 6.07) is 11.6. The highest BCUT2D eigenvalue weighted by Crippen LogP contribution is 2.20. The Balaban J connectivity index is 1.90.